The van der Waals surface area contributed by atoms with Gasteiger partial charge in [0, 0.05) is 36.6 Å². The molecule has 1 aromatic carbocycles. The van der Waals surface area contributed by atoms with Gasteiger partial charge in [-0.3, -0.25) is 9.52 Å². The van der Waals surface area contributed by atoms with Crippen molar-refractivity contribution in [2.45, 2.75) is 24.4 Å². The number of carboxylic acid groups (broad SMARTS) is 1. The van der Waals surface area contributed by atoms with Gasteiger partial charge in [0.05, 0.1) is 17.0 Å². The molecule has 2 aromatic rings. The smallest absolute Gasteiger partial charge is 0.475 e. The van der Waals surface area contributed by atoms with Gasteiger partial charge in [0.1, 0.15) is 0 Å². The van der Waals surface area contributed by atoms with E-state index in [2.05, 4.69) is 15.0 Å². The summed E-state index contributed by atoms with van der Waals surface area (Å²) in [6, 6.07) is 4.72. The van der Waals surface area contributed by atoms with Gasteiger partial charge in [0.25, 0.3) is 10.0 Å². The molecule has 0 aliphatic carbocycles. The number of piperazine rings is 1. The number of halogens is 4. The van der Waals surface area contributed by atoms with E-state index in [0.717, 1.165) is 24.4 Å². The number of hydrogen-bond acceptors (Lipinski definition) is 7. The predicted molar refractivity (Wildman–Crippen MR) is 116 cm³/mol. The van der Waals surface area contributed by atoms with Crippen LogP contribution in [-0.2, 0) is 26.0 Å². The predicted octanol–water partition coefficient (Wildman–Crippen LogP) is 2.51. The van der Waals surface area contributed by atoms with Gasteiger partial charge < -0.3 is 15.3 Å². The summed E-state index contributed by atoms with van der Waals surface area (Å²) in [6.07, 6.45) is -4.92. The number of carboxylic acids is 1. The summed E-state index contributed by atoms with van der Waals surface area (Å²) in [5.41, 5.74) is 1.03. The molecule has 1 aliphatic heterocycles. The molecule has 15 heteroatoms. The molecular weight excluding hydrogens is 509 g/mol. The minimum absolute atomic E-state index is 0.00288. The number of anilines is 1. The molecule has 0 saturated carbocycles. The second kappa shape index (κ2) is 11.1. The number of nitrogens with zero attached hydrogens (tertiary/aromatic N) is 2. The van der Waals surface area contributed by atoms with E-state index in [0.29, 0.717) is 29.4 Å². The summed E-state index contributed by atoms with van der Waals surface area (Å²) >= 11 is 7.16. The molecule has 1 aromatic heterocycles. The summed E-state index contributed by atoms with van der Waals surface area (Å²) < 4.78 is 59.3. The zero-order valence-electron chi connectivity index (χ0n) is 17.1. The fraction of sp³-hybridized carbons (Fsp3) is 0.389. The van der Waals surface area contributed by atoms with E-state index in [1.807, 2.05) is 0 Å². The van der Waals surface area contributed by atoms with Gasteiger partial charge in [-0.05, 0) is 24.6 Å². The Bertz CT molecular complexity index is 1100. The third-order valence-corrected chi connectivity index (χ3v) is 7.15. The van der Waals surface area contributed by atoms with Gasteiger partial charge in [-0.15, -0.1) is 11.3 Å². The van der Waals surface area contributed by atoms with E-state index in [4.69, 9.17) is 21.5 Å². The van der Waals surface area contributed by atoms with Crippen molar-refractivity contribution in [3.8, 4) is 0 Å². The number of hydrogen-bond donors (Lipinski definition) is 3. The minimum Gasteiger partial charge on any atom is -0.475 e. The van der Waals surface area contributed by atoms with Gasteiger partial charge in [0.15, 0.2) is 5.13 Å². The Balaban J connectivity index is 0.000000479. The van der Waals surface area contributed by atoms with E-state index < -0.39 is 22.2 Å². The summed E-state index contributed by atoms with van der Waals surface area (Å²) in [5.74, 6) is -2.76. The Kier molecular flexibility index (Phi) is 9.05. The highest BCUT2D eigenvalue weighted by molar-refractivity contribution is 7.93. The number of amides is 1. The largest absolute Gasteiger partial charge is 0.490 e. The number of carbonyl (C=O) groups excluding carboxylic acids is 1. The Morgan fingerprint density at radius 1 is 1.30 bits per heavy atom. The van der Waals surface area contributed by atoms with Crippen LogP contribution in [0.3, 0.4) is 0 Å². The van der Waals surface area contributed by atoms with Crippen molar-refractivity contribution in [1.29, 1.82) is 0 Å². The van der Waals surface area contributed by atoms with Crippen LogP contribution < -0.4 is 10.0 Å². The molecule has 0 radical (unpaired) electrons. The first-order valence-electron chi connectivity index (χ1n) is 9.32. The van der Waals surface area contributed by atoms with E-state index in [1.54, 1.807) is 29.3 Å². The molecule has 0 spiro atoms. The lowest BCUT2D eigenvalue weighted by molar-refractivity contribution is -0.192. The number of sulfonamides is 1. The summed E-state index contributed by atoms with van der Waals surface area (Å²) in [4.78, 5) is 27.3. The van der Waals surface area contributed by atoms with Crippen LogP contribution in [0.2, 0.25) is 5.02 Å². The van der Waals surface area contributed by atoms with Gasteiger partial charge in [0.2, 0.25) is 5.91 Å². The molecule has 1 saturated heterocycles. The molecule has 9 nitrogen and oxygen atoms in total. The molecule has 0 unspecified atom stereocenters. The van der Waals surface area contributed by atoms with E-state index in [9.17, 15) is 26.4 Å². The second-order valence-corrected chi connectivity index (χ2v) is 9.64. The SMILES string of the molecule is Cc1c(Cl)cccc1S(=O)(=O)Nc1nc(CC(=O)N2CCNCC2)cs1.O=C(O)C(F)(F)F. The number of rotatable bonds is 5. The molecule has 182 valence electrons. The molecule has 1 fully saturated rings. The van der Waals surface area contributed by atoms with Crippen LogP contribution in [0.1, 0.15) is 11.3 Å². The quantitative estimate of drug-likeness (QED) is 0.544. The highest BCUT2D eigenvalue weighted by Crippen LogP contribution is 2.26. The number of aliphatic carboxylic acids is 1. The van der Waals surface area contributed by atoms with Crippen LogP contribution in [0.4, 0.5) is 18.3 Å². The minimum atomic E-state index is -5.08. The third kappa shape index (κ3) is 7.84. The lowest BCUT2D eigenvalue weighted by Crippen LogP contribution is -2.46. The molecular formula is C18H20ClF3N4O5S2. The molecule has 33 heavy (non-hydrogen) atoms. The molecule has 1 aliphatic rings. The number of nitrogens with one attached hydrogen (secondary N) is 2. The lowest BCUT2D eigenvalue weighted by atomic mass is 10.2. The maximum absolute atomic E-state index is 12.6. The van der Waals surface area contributed by atoms with Crippen molar-refractivity contribution < 1.29 is 36.3 Å². The second-order valence-electron chi connectivity index (χ2n) is 6.72. The highest BCUT2D eigenvalue weighted by Gasteiger charge is 2.38. The maximum Gasteiger partial charge on any atom is 0.490 e. The Labute approximate surface area is 196 Å². The summed E-state index contributed by atoms with van der Waals surface area (Å²) in [6.45, 7) is 4.57. The first-order chi connectivity index (χ1) is 15.3. The molecule has 0 bridgehead atoms. The Morgan fingerprint density at radius 2 is 1.91 bits per heavy atom. The molecule has 2 heterocycles. The number of benzene rings is 1. The monoisotopic (exact) mass is 528 g/mol. The van der Waals surface area contributed by atoms with Crippen LogP contribution in [0.25, 0.3) is 0 Å². The van der Waals surface area contributed by atoms with Crippen molar-refractivity contribution in [2.24, 2.45) is 0 Å². The Hall–Kier alpha value is -2.42. The van der Waals surface area contributed by atoms with Crippen LogP contribution in [0.5, 0.6) is 0 Å². The van der Waals surface area contributed by atoms with E-state index in [-0.39, 0.29) is 22.4 Å². The first-order valence-corrected chi connectivity index (χ1v) is 12.1. The first kappa shape index (κ1) is 26.8. The molecule has 3 N–H and O–H groups in total. The zero-order chi connectivity index (χ0) is 24.8. The van der Waals surface area contributed by atoms with E-state index in [1.165, 1.54) is 6.07 Å². The fourth-order valence-electron chi connectivity index (χ4n) is 2.66. The average molecular weight is 529 g/mol. The molecule has 1 amide bonds. The molecule has 0 atom stereocenters. The van der Waals surface area contributed by atoms with Crippen LogP contribution >= 0.6 is 22.9 Å². The maximum atomic E-state index is 12.6. The van der Waals surface area contributed by atoms with Gasteiger partial charge in [-0.1, -0.05) is 17.7 Å². The number of carbonyl (C=O) groups is 2. The zero-order valence-corrected chi connectivity index (χ0v) is 19.5. The third-order valence-electron chi connectivity index (χ3n) is 4.33. The Morgan fingerprint density at radius 3 is 2.48 bits per heavy atom. The van der Waals surface area contributed by atoms with Crippen LogP contribution in [0, 0.1) is 6.92 Å². The normalized spacial score (nSPS) is 14.3. The van der Waals surface area contributed by atoms with Crippen molar-refractivity contribution in [3.63, 3.8) is 0 Å². The van der Waals surface area contributed by atoms with Crippen molar-refractivity contribution in [3.05, 3.63) is 39.9 Å². The fourth-order valence-corrected chi connectivity index (χ4v) is 5.13. The number of thiazole rings is 1. The van der Waals surface area contributed by atoms with E-state index >= 15 is 0 Å². The summed E-state index contributed by atoms with van der Waals surface area (Å²) in [7, 11) is -3.79. The van der Waals surface area contributed by atoms with Crippen molar-refractivity contribution in [2.75, 3.05) is 30.9 Å². The highest BCUT2D eigenvalue weighted by atomic mass is 35.5. The van der Waals surface area contributed by atoms with Gasteiger partial charge in [-0.25, -0.2) is 18.2 Å². The van der Waals surface area contributed by atoms with Crippen molar-refractivity contribution >= 4 is 50.0 Å². The molecule has 3 rings (SSSR count). The average Bonchev–Trinajstić information content (AvgIpc) is 3.16. The topological polar surface area (TPSA) is 129 Å². The van der Waals surface area contributed by atoms with Crippen molar-refractivity contribution in [1.82, 2.24) is 15.2 Å². The lowest BCUT2D eigenvalue weighted by Gasteiger charge is -2.27. The van der Waals surface area contributed by atoms with Gasteiger partial charge >= 0.3 is 12.1 Å². The summed E-state index contributed by atoms with van der Waals surface area (Å²) in [5, 5.41) is 12.6. The standard InChI is InChI=1S/C16H19ClN4O3S2.C2HF3O2/c1-11-13(17)3-2-4-14(11)26(23,24)20-16-19-12(10-25-16)9-15(22)21-7-5-18-6-8-21;3-2(4,5)1(6)7/h2-4,10,18H,5-9H2,1H3,(H,19,20);(H,6,7). The number of aromatic nitrogens is 1. The van der Waals surface area contributed by atoms with Crippen LogP contribution in [0.15, 0.2) is 28.5 Å². The van der Waals surface area contributed by atoms with Gasteiger partial charge in [-0.2, -0.15) is 13.2 Å². The number of alkyl halides is 3. The van der Waals surface area contributed by atoms with Crippen LogP contribution in [-0.4, -0.2) is 67.6 Å².